The Balaban J connectivity index is 1.92. The van der Waals surface area contributed by atoms with E-state index < -0.39 is 0 Å². The summed E-state index contributed by atoms with van der Waals surface area (Å²) in [6, 6.07) is 4.01. The smallest absolute Gasteiger partial charge is 0.317 e. The van der Waals surface area contributed by atoms with Crippen LogP contribution in [0.25, 0.3) is 0 Å². The second-order valence-electron chi connectivity index (χ2n) is 5.93. The van der Waals surface area contributed by atoms with Crippen LogP contribution in [0.5, 0.6) is 0 Å². The first-order valence-electron chi connectivity index (χ1n) is 7.89. The van der Waals surface area contributed by atoms with E-state index in [2.05, 4.69) is 10.3 Å². The third-order valence-electron chi connectivity index (χ3n) is 4.06. The zero-order valence-electron chi connectivity index (χ0n) is 13.5. The van der Waals surface area contributed by atoms with Crippen LogP contribution >= 0.6 is 0 Å². The molecule has 1 atom stereocenters. The molecule has 6 heteroatoms. The highest BCUT2D eigenvalue weighted by Crippen LogP contribution is 2.19. The van der Waals surface area contributed by atoms with Crippen molar-refractivity contribution in [3.63, 3.8) is 0 Å². The number of piperidine rings is 1. The minimum Gasteiger partial charge on any atom is -0.396 e. The molecule has 0 spiro atoms. The molecule has 2 heterocycles. The molecule has 2 N–H and O–H groups in total. The van der Waals surface area contributed by atoms with Crippen LogP contribution in [0.4, 0.5) is 10.6 Å². The van der Waals surface area contributed by atoms with Crippen LogP contribution in [0.1, 0.15) is 31.2 Å². The van der Waals surface area contributed by atoms with Crippen molar-refractivity contribution >= 4 is 11.8 Å². The maximum absolute atomic E-state index is 12.4. The number of nitrogens with zero attached hydrogens (tertiary/aromatic N) is 3. The van der Waals surface area contributed by atoms with Crippen molar-refractivity contribution in [2.24, 2.45) is 0 Å². The van der Waals surface area contributed by atoms with Gasteiger partial charge in [0.1, 0.15) is 5.82 Å². The first kappa shape index (κ1) is 16.5. The average Bonchev–Trinajstić information content (AvgIpc) is 2.53. The zero-order chi connectivity index (χ0) is 15.9. The lowest BCUT2D eigenvalue weighted by Crippen LogP contribution is -2.48. The fraction of sp³-hybridized carbons (Fsp3) is 0.625. The number of rotatable bonds is 5. The summed E-state index contributed by atoms with van der Waals surface area (Å²) in [6.07, 6.45) is 5.56. The molecule has 0 radical (unpaired) electrons. The second-order valence-corrected chi connectivity index (χ2v) is 5.93. The molecule has 2 amide bonds. The monoisotopic (exact) mass is 306 g/mol. The van der Waals surface area contributed by atoms with Crippen LogP contribution in [-0.2, 0) is 6.54 Å². The molecule has 1 aromatic heterocycles. The summed E-state index contributed by atoms with van der Waals surface area (Å²) < 4.78 is 0. The fourth-order valence-corrected chi connectivity index (χ4v) is 2.81. The van der Waals surface area contributed by atoms with E-state index in [0.717, 1.165) is 37.2 Å². The second kappa shape index (κ2) is 7.98. The van der Waals surface area contributed by atoms with E-state index in [1.54, 1.807) is 6.20 Å². The van der Waals surface area contributed by atoms with E-state index in [-0.39, 0.29) is 18.7 Å². The Hall–Kier alpha value is -1.82. The van der Waals surface area contributed by atoms with E-state index in [1.165, 1.54) is 0 Å². The van der Waals surface area contributed by atoms with Gasteiger partial charge in [0.15, 0.2) is 0 Å². The molecular formula is C16H26N4O2. The van der Waals surface area contributed by atoms with E-state index in [1.807, 2.05) is 36.0 Å². The van der Waals surface area contributed by atoms with Gasteiger partial charge in [-0.3, -0.25) is 0 Å². The minimum atomic E-state index is -0.0404. The van der Waals surface area contributed by atoms with Crippen LogP contribution in [0.15, 0.2) is 18.3 Å². The highest BCUT2D eigenvalue weighted by atomic mass is 16.3. The Bertz CT molecular complexity index is 491. The largest absolute Gasteiger partial charge is 0.396 e. The van der Waals surface area contributed by atoms with Crippen LogP contribution in [0, 0.1) is 0 Å². The standard InChI is InChI=1S/C16H26N4O2/c1-19(2)15-11-13(6-8-17-15)12-18-16(22)20-9-4-3-5-14(20)7-10-21/h6,8,11,14,21H,3-5,7,9-10,12H2,1-2H3,(H,18,22). The fourth-order valence-electron chi connectivity index (χ4n) is 2.81. The molecule has 0 aromatic carbocycles. The summed E-state index contributed by atoms with van der Waals surface area (Å²) >= 11 is 0. The quantitative estimate of drug-likeness (QED) is 0.867. The number of aliphatic hydroxyl groups excluding tert-OH is 1. The normalized spacial score (nSPS) is 18.1. The van der Waals surface area contributed by atoms with Crippen molar-refractivity contribution in [2.45, 2.75) is 38.3 Å². The van der Waals surface area contributed by atoms with Crippen molar-refractivity contribution in [3.8, 4) is 0 Å². The lowest BCUT2D eigenvalue weighted by molar-refractivity contribution is 0.131. The Morgan fingerprint density at radius 1 is 1.50 bits per heavy atom. The molecule has 122 valence electrons. The zero-order valence-corrected chi connectivity index (χ0v) is 13.5. The summed E-state index contributed by atoms with van der Waals surface area (Å²) in [6.45, 7) is 1.39. The van der Waals surface area contributed by atoms with Crippen LogP contribution in [0.2, 0.25) is 0 Å². The number of urea groups is 1. The third kappa shape index (κ3) is 4.34. The summed E-state index contributed by atoms with van der Waals surface area (Å²) in [5, 5.41) is 12.1. The van der Waals surface area contributed by atoms with Crippen molar-refractivity contribution in [1.29, 1.82) is 0 Å². The Kier molecular flexibility index (Phi) is 6.00. The lowest BCUT2D eigenvalue weighted by atomic mass is 10.0. The molecule has 2 rings (SSSR count). The molecule has 1 unspecified atom stereocenters. The molecule has 22 heavy (non-hydrogen) atoms. The SMILES string of the molecule is CN(C)c1cc(CNC(=O)N2CCCCC2CCO)ccn1. The van der Waals surface area contributed by atoms with Gasteiger partial charge in [-0.05, 0) is 43.4 Å². The van der Waals surface area contributed by atoms with E-state index in [9.17, 15) is 4.79 Å². The number of nitrogens with one attached hydrogen (secondary N) is 1. The lowest BCUT2D eigenvalue weighted by Gasteiger charge is -2.35. The van der Waals surface area contributed by atoms with Gasteiger partial charge in [-0.1, -0.05) is 0 Å². The number of amides is 2. The Labute approximate surface area is 132 Å². The number of likely N-dealkylation sites (tertiary alicyclic amines) is 1. The number of carbonyl (C=O) groups is 1. The van der Waals surface area contributed by atoms with E-state index in [0.29, 0.717) is 13.0 Å². The van der Waals surface area contributed by atoms with Gasteiger partial charge in [0.25, 0.3) is 0 Å². The summed E-state index contributed by atoms with van der Waals surface area (Å²) in [4.78, 5) is 20.5. The van der Waals surface area contributed by atoms with Gasteiger partial charge in [0, 0.05) is 46.0 Å². The summed E-state index contributed by atoms with van der Waals surface area (Å²) in [5.74, 6) is 0.878. The summed E-state index contributed by atoms with van der Waals surface area (Å²) in [7, 11) is 3.88. The van der Waals surface area contributed by atoms with Gasteiger partial charge in [-0.25, -0.2) is 9.78 Å². The predicted molar refractivity (Wildman–Crippen MR) is 86.8 cm³/mol. The Morgan fingerprint density at radius 2 is 2.32 bits per heavy atom. The topological polar surface area (TPSA) is 68.7 Å². The van der Waals surface area contributed by atoms with Gasteiger partial charge in [-0.2, -0.15) is 0 Å². The minimum absolute atomic E-state index is 0.0404. The first-order valence-corrected chi connectivity index (χ1v) is 7.89. The van der Waals surface area contributed by atoms with Gasteiger partial charge in [0.05, 0.1) is 0 Å². The Morgan fingerprint density at radius 3 is 3.05 bits per heavy atom. The molecule has 0 saturated carbocycles. The molecular weight excluding hydrogens is 280 g/mol. The average molecular weight is 306 g/mol. The van der Waals surface area contributed by atoms with Gasteiger partial charge in [-0.15, -0.1) is 0 Å². The first-order chi connectivity index (χ1) is 10.6. The maximum Gasteiger partial charge on any atom is 0.317 e. The number of pyridine rings is 1. The molecule has 1 aromatic rings. The number of anilines is 1. The highest BCUT2D eigenvalue weighted by molar-refractivity contribution is 5.74. The van der Waals surface area contributed by atoms with Crippen LogP contribution in [-0.4, -0.2) is 54.3 Å². The van der Waals surface area contributed by atoms with Crippen LogP contribution < -0.4 is 10.2 Å². The molecule has 1 aliphatic rings. The number of aromatic nitrogens is 1. The van der Waals surface area contributed by atoms with Gasteiger partial charge >= 0.3 is 6.03 Å². The highest BCUT2D eigenvalue weighted by Gasteiger charge is 2.25. The number of hydrogen-bond donors (Lipinski definition) is 2. The molecule has 6 nitrogen and oxygen atoms in total. The van der Waals surface area contributed by atoms with Crippen molar-refractivity contribution in [3.05, 3.63) is 23.9 Å². The van der Waals surface area contributed by atoms with Gasteiger partial charge in [0.2, 0.25) is 0 Å². The van der Waals surface area contributed by atoms with Gasteiger partial charge < -0.3 is 20.2 Å². The van der Waals surface area contributed by atoms with E-state index in [4.69, 9.17) is 5.11 Å². The third-order valence-corrected chi connectivity index (χ3v) is 4.06. The number of aliphatic hydroxyl groups is 1. The van der Waals surface area contributed by atoms with Crippen molar-refractivity contribution in [1.82, 2.24) is 15.2 Å². The molecule has 1 fully saturated rings. The molecule has 0 bridgehead atoms. The maximum atomic E-state index is 12.4. The van der Waals surface area contributed by atoms with Crippen molar-refractivity contribution in [2.75, 3.05) is 32.1 Å². The van der Waals surface area contributed by atoms with Crippen molar-refractivity contribution < 1.29 is 9.90 Å². The van der Waals surface area contributed by atoms with E-state index >= 15 is 0 Å². The number of carbonyl (C=O) groups excluding carboxylic acids is 1. The summed E-state index contributed by atoms with van der Waals surface area (Å²) in [5.41, 5.74) is 1.03. The molecule has 0 aliphatic carbocycles. The predicted octanol–water partition coefficient (Wildman–Crippen LogP) is 1.59. The molecule has 1 aliphatic heterocycles. The molecule has 1 saturated heterocycles. The van der Waals surface area contributed by atoms with Crippen LogP contribution in [0.3, 0.4) is 0 Å². The number of hydrogen-bond acceptors (Lipinski definition) is 4.